The Morgan fingerprint density at radius 3 is 1.50 bits per heavy atom. The van der Waals surface area contributed by atoms with Crippen LogP contribution in [0.5, 0.6) is 0 Å². The van der Waals surface area contributed by atoms with Crippen LogP contribution in [0.25, 0.3) is 0 Å². The molecule has 2 atom stereocenters. The van der Waals surface area contributed by atoms with E-state index in [0.29, 0.717) is 9.65 Å². The number of hydrogen-bond donors (Lipinski definition) is 0. The molecule has 0 amide bonds. The first kappa shape index (κ1) is 13.4. The van der Waals surface area contributed by atoms with Gasteiger partial charge in [0.25, 0.3) is 0 Å². The molecule has 0 aliphatic carbocycles. The van der Waals surface area contributed by atoms with Crippen molar-refractivity contribution in [3.63, 3.8) is 0 Å². The van der Waals surface area contributed by atoms with E-state index in [-0.39, 0.29) is 4.32 Å². The number of rotatable bonds is 5. The summed E-state index contributed by atoms with van der Waals surface area (Å²) in [6, 6.07) is 0. The van der Waals surface area contributed by atoms with Crippen molar-refractivity contribution >= 4 is 47.8 Å². The van der Waals surface area contributed by atoms with Gasteiger partial charge in [-0.15, -0.1) is 0 Å². The number of hydrogen-bond acceptors (Lipinski definition) is 0. The Morgan fingerprint density at radius 1 is 1.00 bits per heavy atom. The fourth-order valence-corrected chi connectivity index (χ4v) is 3.61. The maximum absolute atomic E-state index is 3.84. The molecular weight excluding hydrogens is 348 g/mol. The average molecular weight is 365 g/mol. The van der Waals surface area contributed by atoms with Crippen molar-refractivity contribution in [1.29, 1.82) is 0 Å². The summed E-state index contributed by atoms with van der Waals surface area (Å²) in [6.45, 7) is 6.64. The molecule has 74 valence electrons. The summed E-state index contributed by atoms with van der Waals surface area (Å²) < 4.78 is 0.205. The van der Waals surface area contributed by atoms with Gasteiger partial charge in [0.15, 0.2) is 0 Å². The first-order valence-electron chi connectivity index (χ1n) is 4.49. The van der Waals surface area contributed by atoms with Gasteiger partial charge in [-0.3, -0.25) is 0 Å². The second-order valence-corrected chi connectivity index (χ2v) is 6.72. The molecule has 12 heavy (non-hydrogen) atoms. The Morgan fingerprint density at radius 2 is 1.33 bits per heavy atom. The van der Waals surface area contributed by atoms with Gasteiger partial charge < -0.3 is 0 Å². The maximum Gasteiger partial charge on any atom is 0.0504 e. The summed E-state index contributed by atoms with van der Waals surface area (Å²) in [4.78, 5) is 1.08. The van der Waals surface area contributed by atoms with Gasteiger partial charge in [-0.2, -0.15) is 0 Å². The van der Waals surface area contributed by atoms with Crippen molar-refractivity contribution in [2.24, 2.45) is 0 Å². The first-order chi connectivity index (χ1) is 5.52. The van der Waals surface area contributed by atoms with Crippen LogP contribution in [0.3, 0.4) is 0 Å². The molecule has 0 saturated heterocycles. The lowest BCUT2D eigenvalue weighted by Crippen LogP contribution is -2.39. The van der Waals surface area contributed by atoms with Crippen LogP contribution in [0.4, 0.5) is 0 Å². The van der Waals surface area contributed by atoms with Crippen molar-refractivity contribution in [3.8, 4) is 0 Å². The molecule has 2 unspecified atom stereocenters. The zero-order valence-electron chi connectivity index (χ0n) is 7.91. The highest BCUT2D eigenvalue weighted by Gasteiger charge is 2.37. The number of alkyl halides is 3. The summed E-state index contributed by atoms with van der Waals surface area (Å²) in [5, 5.41) is 0. The van der Waals surface area contributed by atoms with E-state index in [2.05, 4.69) is 68.6 Å². The molecule has 0 heterocycles. The molecule has 0 saturated carbocycles. The molecule has 0 aliphatic heterocycles. The molecule has 0 aromatic carbocycles. The van der Waals surface area contributed by atoms with Crippen LogP contribution < -0.4 is 0 Å². The van der Waals surface area contributed by atoms with Crippen LogP contribution in [0.2, 0.25) is 0 Å². The molecule has 0 N–H and O–H groups in total. The van der Waals surface area contributed by atoms with Crippen molar-refractivity contribution in [2.75, 3.05) is 0 Å². The Labute approximate surface area is 101 Å². The van der Waals surface area contributed by atoms with E-state index in [1.54, 1.807) is 0 Å². The molecule has 3 heteroatoms. The van der Waals surface area contributed by atoms with E-state index in [9.17, 15) is 0 Å². The summed E-state index contributed by atoms with van der Waals surface area (Å²) >= 11 is 11.3. The first-order valence-corrected chi connectivity index (χ1v) is 7.12. The minimum Gasteiger partial charge on any atom is -0.0875 e. The monoisotopic (exact) mass is 362 g/mol. The van der Waals surface area contributed by atoms with Gasteiger partial charge in [0.05, 0.1) is 4.32 Å². The maximum atomic E-state index is 3.84. The van der Waals surface area contributed by atoms with E-state index in [4.69, 9.17) is 0 Å². The van der Waals surface area contributed by atoms with Gasteiger partial charge in [0, 0.05) is 9.65 Å². The second-order valence-electron chi connectivity index (χ2n) is 3.03. The number of halogens is 3. The Kier molecular flexibility index (Phi) is 6.75. The fraction of sp³-hybridized carbons (Fsp3) is 1.00. The third kappa shape index (κ3) is 2.98. The standard InChI is InChI=1S/C9H17Br3/c1-4-7(10)9(12,6-3)8(11)5-2/h7-8H,4-6H2,1-3H3. The summed E-state index contributed by atoms with van der Waals surface area (Å²) in [5.41, 5.74) is 0. The van der Waals surface area contributed by atoms with E-state index in [0.717, 1.165) is 19.3 Å². The third-order valence-electron chi connectivity index (χ3n) is 2.30. The molecule has 0 spiro atoms. The SMILES string of the molecule is CCC(Br)C(Br)(CC)C(Br)CC. The Balaban J connectivity index is 4.42. The van der Waals surface area contributed by atoms with Crippen LogP contribution in [0.1, 0.15) is 40.0 Å². The van der Waals surface area contributed by atoms with Gasteiger partial charge in [0.1, 0.15) is 0 Å². The highest BCUT2D eigenvalue weighted by atomic mass is 79.9. The minimum absolute atomic E-state index is 0.205. The summed E-state index contributed by atoms with van der Waals surface area (Å²) in [6.07, 6.45) is 3.45. The van der Waals surface area contributed by atoms with Gasteiger partial charge >= 0.3 is 0 Å². The van der Waals surface area contributed by atoms with Crippen LogP contribution in [0, 0.1) is 0 Å². The van der Waals surface area contributed by atoms with Gasteiger partial charge in [-0.25, -0.2) is 0 Å². The molecule has 0 aliphatic rings. The van der Waals surface area contributed by atoms with Crippen LogP contribution in [-0.4, -0.2) is 14.0 Å². The van der Waals surface area contributed by atoms with Crippen LogP contribution in [0.15, 0.2) is 0 Å². The van der Waals surface area contributed by atoms with Crippen molar-refractivity contribution in [2.45, 2.75) is 54.0 Å². The highest BCUT2D eigenvalue weighted by molar-refractivity contribution is 9.14. The van der Waals surface area contributed by atoms with Crippen molar-refractivity contribution < 1.29 is 0 Å². The lowest BCUT2D eigenvalue weighted by Gasteiger charge is -2.35. The minimum atomic E-state index is 0.205. The smallest absolute Gasteiger partial charge is 0.0504 e. The molecule has 0 aromatic rings. The highest BCUT2D eigenvalue weighted by Crippen LogP contribution is 2.41. The summed E-state index contributed by atoms with van der Waals surface area (Å²) in [7, 11) is 0. The quantitative estimate of drug-likeness (QED) is 0.610. The lowest BCUT2D eigenvalue weighted by atomic mass is 9.95. The molecule has 0 fully saturated rings. The Hall–Kier alpha value is 1.44. The summed E-state index contributed by atoms with van der Waals surface area (Å²) in [5.74, 6) is 0. The van der Waals surface area contributed by atoms with E-state index in [1.165, 1.54) is 0 Å². The third-order valence-corrected chi connectivity index (χ3v) is 8.12. The zero-order valence-corrected chi connectivity index (χ0v) is 12.7. The predicted molar refractivity (Wildman–Crippen MR) is 68.0 cm³/mol. The van der Waals surface area contributed by atoms with Crippen molar-refractivity contribution in [1.82, 2.24) is 0 Å². The fourth-order valence-electron chi connectivity index (χ4n) is 1.32. The largest absolute Gasteiger partial charge is 0.0875 e. The molecule has 0 rings (SSSR count). The van der Waals surface area contributed by atoms with Crippen LogP contribution in [-0.2, 0) is 0 Å². The van der Waals surface area contributed by atoms with Gasteiger partial charge in [-0.05, 0) is 19.3 Å². The van der Waals surface area contributed by atoms with E-state index < -0.39 is 0 Å². The van der Waals surface area contributed by atoms with E-state index in [1.807, 2.05) is 0 Å². The van der Waals surface area contributed by atoms with Crippen LogP contribution >= 0.6 is 47.8 Å². The van der Waals surface area contributed by atoms with Crippen molar-refractivity contribution in [3.05, 3.63) is 0 Å². The predicted octanol–water partition coefficient (Wildman–Crippen LogP) is 4.88. The molecule has 0 nitrogen and oxygen atoms in total. The van der Waals surface area contributed by atoms with Gasteiger partial charge in [-0.1, -0.05) is 68.6 Å². The average Bonchev–Trinajstić information content (AvgIpc) is 2.13. The second kappa shape index (κ2) is 6.02. The van der Waals surface area contributed by atoms with E-state index >= 15 is 0 Å². The normalized spacial score (nSPS) is 21.5. The Bertz CT molecular complexity index is 115. The molecular formula is C9H17Br3. The topological polar surface area (TPSA) is 0 Å². The molecule has 0 radical (unpaired) electrons. The molecule has 0 aromatic heterocycles. The van der Waals surface area contributed by atoms with Gasteiger partial charge in [0.2, 0.25) is 0 Å². The lowest BCUT2D eigenvalue weighted by molar-refractivity contribution is 0.522. The zero-order chi connectivity index (χ0) is 9.78. The molecule has 0 bridgehead atoms.